The van der Waals surface area contributed by atoms with Crippen molar-refractivity contribution in [3.8, 4) is 11.6 Å². The smallest absolute Gasteiger partial charge is 0.417 e. The Morgan fingerprint density at radius 2 is 1.88 bits per heavy atom. The van der Waals surface area contributed by atoms with Gasteiger partial charge in [-0.2, -0.15) is 18.3 Å². The summed E-state index contributed by atoms with van der Waals surface area (Å²) in [5, 5.41) is 14.7. The minimum Gasteiger partial charge on any atom is -0.476 e. The van der Waals surface area contributed by atoms with Crippen molar-refractivity contribution in [2.75, 3.05) is 6.61 Å². The van der Waals surface area contributed by atoms with Crippen LogP contribution in [0.5, 0.6) is 11.6 Å². The first kappa shape index (κ1) is 23.7. The third kappa shape index (κ3) is 5.65. The molecule has 2 aromatic heterocycles. The molecule has 2 heterocycles. The van der Waals surface area contributed by atoms with Crippen molar-refractivity contribution >= 4 is 11.6 Å². The fraction of sp³-hybridized carbons (Fsp3) is 0.350. The summed E-state index contributed by atoms with van der Waals surface area (Å²) in [6.07, 6.45) is -3.71. The lowest BCUT2D eigenvalue weighted by atomic mass is 9.86. The van der Waals surface area contributed by atoms with Crippen LogP contribution in [0.15, 0.2) is 49.2 Å². The summed E-state index contributed by atoms with van der Waals surface area (Å²) < 4.78 is 64.1. The number of alkyl halides is 3. The van der Waals surface area contributed by atoms with Crippen LogP contribution in [0.2, 0.25) is 5.02 Å². The molecule has 0 saturated heterocycles. The van der Waals surface area contributed by atoms with Gasteiger partial charge in [0, 0.05) is 11.6 Å². The van der Waals surface area contributed by atoms with E-state index in [1.54, 1.807) is 13.8 Å². The maximum Gasteiger partial charge on any atom is 0.417 e. The van der Waals surface area contributed by atoms with E-state index in [0.717, 1.165) is 0 Å². The number of pyridine rings is 1. The normalized spacial score (nSPS) is 14.1. The van der Waals surface area contributed by atoms with E-state index < -0.39 is 35.3 Å². The van der Waals surface area contributed by atoms with Gasteiger partial charge < -0.3 is 14.6 Å². The van der Waals surface area contributed by atoms with Gasteiger partial charge in [-0.05, 0) is 30.3 Å². The molecule has 0 aliphatic heterocycles. The van der Waals surface area contributed by atoms with E-state index >= 15 is 0 Å². The quantitative estimate of drug-likeness (QED) is 0.483. The first-order chi connectivity index (χ1) is 15.0. The number of halogens is 5. The maximum atomic E-state index is 13.2. The van der Waals surface area contributed by atoms with Crippen LogP contribution in [0.3, 0.4) is 0 Å². The number of ether oxygens (including phenoxy) is 2. The molecule has 1 N–H and O–H groups in total. The highest BCUT2D eigenvalue weighted by atomic mass is 35.5. The van der Waals surface area contributed by atoms with E-state index in [1.807, 2.05) is 0 Å². The zero-order valence-electron chi connectivity index (χ0n) is 16.9. The van der Waals surface area contributed by atoms with Gasteiger partial charge in [-0.3, -0.25) is 0 Å². The predicted molar refractivity (Wildman–Crippen MR) is 106 cm³/mol. The Labute approximate surface area is 185 Å². The van der Waals surface area contributed by atoms with Gasteiger partial charge in [0.15, 0.2) is 0 Å². The molecule has 32 heavy (non-hydrogen) atoms. The summed E-state index contributed by atoms with van der Waals surface area (Å²) in [6.45, 7) is 3.12. The second kappa shape index (κ2) is 9.29. The van der Waals surface area contributed by atoms with Crippen molar-refractivity contribution in [2.45, 2.75) is 32.4 Å². The number of aliphatic hydroxyl groups excluding tert-OH is 1. The Bertz CT molecular complexity index is 1030. The lowest BCUT2D eigenvalue weighted by molar-refractivity contribution is -0.137. The largest absolute Gasteiger partial charge is 0.476 e. The van der Waals surface area contributed by atoms with Crippen molar-refractivity contribution in [1.82, 2.24) is 19.7 Å². The van der Waals surface area contributed by atoms with Crippen LogP contribution in [0, 0.1) is 11.2 Å². The average molecular weight is 475 g/mol. The predicted octanol–water partition coefficient (Wildman–Crippen LogP) is 4.53. The van der Waals surface area contributed by atoms with E-state index in [9.17, 15) is 22.7 Å². The topological polar surface area (TPSA) is 82.3 Å². The van der Waals surface area contributed by atoms with E-state index in [-0.39, 0.29) is 23.3 Å². The van der Waals surface area contributed by atoms with Gasteiger partial charge in [-0.25, -0.2) is 19.0 Å². The number of rotatable bonds is 8. The van der Waals surface area contributed by atoms with Crippen LogP contribution in [0.4, 0.5) is 17.6 Å². The summed E-state index contributed by atoms with van der Waals surface area (Å²) in [5.41, 5.74) is -2.03. The Morgan fingerprint density at radius 1 is 1.19 bits per heavy atom. The van der Waals surface area contributed by atoms with Gasteiger partial charge in [-0.15, -0.1) is 0 Å². The first-order valence-electron chi connectivity index (χ1n) is 9.27. The summed E-state index contributed by atoms with van der Waals surface area (Å²) in [6, 6.07) is 5.89. The number of aromatic nitrogens is 4. The molecule has 0 fully saturated rings. The number of benzene rings is 1. The van der Waals surface area contributed by atoms with E-state index in [2.05, 4.69) is 15.1 Å². The van der Waals surface area contributed by atoms with Gasteiger partial charge in [0.2, 0.25) is 12.1 Å². The molecule has 0 spiro atoms. The molecule has 0 aliphatic rings. The monoisotopic (exact) mass is 474 g/mol. The molecule has 0 radical (unpaired) electrons. The van der Waals surface area contributed by atoms with Crippen molar-refractivity contribution in [3.63, 3.8) is 0 Å². The molecule has 0 saturated carbocycles. The summed E-state index contributed by atoms with van der Waals surface area (Å²) >= 11 is 5.88. The van der Waals surface area contributed by atoms with Crippen LogP contribution < -0.4 is 9.47 Å². The molecule has 0 bridgehead atoms. The molecule has 172 valence electrons. The number of nitrogens with zero attached hydrogens (tertiary/aromatic N) is 4. The average Bonchev–Trinajstić information content (AvgIpc) is 3.26. The van der Waals surface area contributed by atoms with Gasteiger partial charge >= 0.3 is 6.18 Å². The van der Waals surface area contributed by atoms with Gasteiger partial charge in [0.25, 0.3) is 0 Å². The number of hydrogen-bond donors (Lipinski definition) is 1. The van der Waals surface area contributed by atoms with Crippen molar-refractivity contribution in [2.24, 2.45) is 5.41 Å². The standard InChI is InChI=1S/C20H19ClF4N4O3/c1-19(2,9-31-17-15(21)7-12(8-27-17)20(23,24)25)16(30)18(29-11-26-10-28-29)32-14-5-3-13(22)4-6-14/h3-8,10-11,16,18,30H,9H2,1-2H3. The maximum absolute atomic E-state index is 13.2. The number of hydrogen-bond acceptors (Lipinski definition) is 6. The highest BCUT2D eigenvalue weighted by Crippen LogP contribution is 2.35. The zero-order chi connectivity index (χ0) is 23.5. The Balaban J connectivity index is 1.76. The molecular formula is C20H19ClF4N4O3. The Morgan fingerprint density at radius 3 is 2.44 bits per heavy atom. The van der Waals surface area contributed by atoms with Crippen molar-refractivity contribution in [1.29, 1.82) is 0 Å². The van der Waals surface area contributed by atoms with Gasteiger partial charge in [0.1, 0.15) is 35.3 Å². The molecule has 3 aromatic rings. The number of aliphatic hydroxyl groups is 1. The molecule has 2 unspecified atom stereocenters. The van der Waals surface area contributed by atoms with E-state index in [0.29, 0.717) is 12.3 Å². The van der Waals surface area contributed by atoms with Gasteiger partial charge in [-0.1, -0.05) is 25.4 Å². The third-order valence-corrected chi connectivity index (χ3v) is 4.83. The summed E-state index contributed by atoms with van der Waals surface area (Å²) in [7, 11) is 0. The first-order valence-corrected chi connectivity index (χ1v) is 9.65. The summed E-state index contributed by atoms with van der Waals surface area (Å²) in [4.78, 5) is 7.47. The van der Waals surface area contributed by atoms with Crippen LogP contribution in [0.25, 0.3) is 0 Å². The van der Waals surface area contributed by atoms with Crippen LogP contribution in [-0.2, 0) is 6.18 Å². The second-order valence-electron chi connectivity index (χ2n) is 7.57. The molecule has 3 rings (SSSR count). The van der Waals surface area contributed by atoms with Gasteiger partial charge in [0.05, 0.1) is 12.2 Å². The lowest BCUT2D eigenvalue weighted by Gasteiger charge is -2.35. The fourth-order valence-electron chi connectivity index (χ4n) is 2.68. The molecule has 0 aliphatic carbocycles. The third-order valence-electron chi connectivity index (χ3n) is 4.55. The highest BCUT2D eigenvalue weighted by Gasteiger charge is 2.39. The minimum absolute atomic E-state index is 0.176. The summed E-state index contributed by atoms with van der Waals surface area (Å²) in [5.74, 6) is -0.392. The molecular weight excluding hydrogens is 456 g/mol. The molecule has 12 heteroatoms. The molecule has 2 atom stereocenters. The Hall–Kier alpha value is -2.92. The van der Waals surface area contributed by atoms with Crippen LogP contribution in [-0.4, -0.2) is 37.6 Å². The van der Waals surface area contributed by atoms with E-state index in [4.69, 9.17) is 21.1 Å². The molecule has 1 aromatic carbocycles. The highest BCUT2D eigenvalue weighted by molar-refractivity contribution is 6.31. The zero-order valence-corrected chi connectivity index (χ0v) is 17.7. The van der Waals surface area contributed by atoms with Crippen LogP contribution in [0.1, 0.15) is 25.6 Å². The fourth-order valence-corrected chi connectivity index (χ4v) is 2.90. The van der Waals surface area contributed by atoms with Crippen molar-refractivity contribution in [3.05, 3.63) is 65.6 Å². The lowest BCUT2D eigenvalue weighted by Crippen LogP contribution is -2.43. The van der Waals surface area contributed by atoms with Crippen LogP contribution >= 0.6 is 11.6 Å². The van der Waals surface area contributed by atoms with Crippen molar-refractivity contribution < 1.29 is 32.1 Å². The SMILES string of the molecule is CC(C)(COc1ncc(C(F)(F)F)cc1Cl)C(O)C(Oc1ccc(F)cc1)n1cncn1. The van der Waals surface area contributed by atoms with E-state index in [1.165, 1.54) is 41.6 Å². The molecule has 0 amide bonds. The molecule has 7 nitrogen and oxygen atoms in total. The minimum atomic E-state index is -4.59. The second-order valence-corrected chi connectivity index (χ2v) is 7.98. The Kier molecular flexibility index (Phi) is 6.89.